The molecule has 0 spiro atoms. The van der Waals surface area contributed by atoms with Crippen LogP contribution in [0.5, 0.6) is 0 Å². The number of nitrogens with zero attached hydrogens (tertiary/aromatic N) is 3. The molecule has 0 radical (unpaired) electrons. The summed E-state index contributed by atoms with van der Waals surface area (Å²) in [5, 5.41) is 4.04. The van der Waals surface area contributed by atoms with Crippen molar-refractivity contribution in [2.75, 3.05) is 25.1 Å². The molecule has 2 fully saturated rings. The lowest BCUT2D eigenvalue weighted by Crippen LogP contribution is -2.23. The summed E-state index contributed by atoms with van der Waals surface area (Å²) < 4.78 is 5.44. The van der Waals surface area contributed by atoms with Crippen LogP contribution < -0.4 is 5.32 Å². The highest BCUT2D eigenvalue weighted by Gasteiger charge is 2.22. The van der Waals surface area contributed by atoms with Crippen molar-refractivity contribution in [3.63, 3.8) is 0 Å². The zero-order valence-electron chi connectivity index (χ0n) is 19.6. The van der Waals surface area contributed by atoms with Crippen LogP contribution >= 0.6 is 11.6 Å². The number of hydrogen-bond acceptors (Lipinski definition) is 6. The van der Waals surface area contributed by atoms with Gasteiger partial charge < -0.3 is 14.8 Å². The number of carbonyl (C=O) groups is 1. The van der Waals surface area contributed by atoms with Crippen molar-refractivity contribution >= 4 is 23.2 Å². The highest BCUT2D eigenvalue weighted by Crippen LogP contribution is 2.34. The monoisotopic (exact) mass is 470 g/mol. The molecule has 0 amide bonds. The van der Waals surface area contributed by atoms with Crippen LogP contribution in [-0.2, 0) is 16.0 Å². The fourth-order valence-electron chi connectivity index (χ4n) is 5.00. The highest BCUT2D eigenvalue weighted by atomic mass is 35.5. The molecule has 7 heteroatoms. The molecule has 0 atom stereocenters. The summed E-state index contributed by atoms with van der Waals surface area (Å²) in [6.45, 7) is 4.25. The van der Waals surface area contributed by atoms with Crippen molar-refractivity contribution in [1.82, 2.24) is 15.0 Å². The molecule has 1 N–H and O–H groups in total. The van der Waals surface area contributed by atoms with Crippen molar-refractivity contribution in [3.05, 3.63) is 35.4 Å². The van der Waals surface area contributed by atoms with E-state index in [0.717, 1.165) is 74.6 Å². The number of rotatable bonds is 9. The Morgan fingerprint density at radius 1 is 1.06 bits per heavy atom. The van der Waals surface area contributed by atoms with E-state index in [1.807, 2.05) is 0 Å². The van der Waals surface area contributed by atoms with Crippen LogP contribution in [0, 0.1) is 17.8 Å². The number of anilines is 1. The van der Waals surface area contributed by atoms with Gasteiger partial charge in [-0.05, 0) is 69.3 Å². The van der Waals surface area contributed by atoms with E-state index in [2.05, 4.69) is 21.4 Å². The number of carbonyl (C=O) groups excluding carboxylic acids is 1. The zero-order valence-corrected chi connectivity index (χ0v) is 20.3. The Labute approximate surface area is 201 Å². The molecule has 2 aliphatic rings. The second kappa shape index (κ2) is 11.9. The Balaban J connectivity index is 1.36. The van der Waals surface area contributed by atoms with Crippen molar-refractivity contribution < 1.29 is 9.53 Å². The molecule has 6 nitrogen and oxygen atoms in total. The van der Waals surface area contributed by atoms with E-state index >= 15 is 0 Å². The minimum atomic E-state index is 0.306. The van der Waals surface area contributed by atoms with Crippen molar-refractivity contribution in [2.45, 2.75) is 64.7 Å². The molecule has 3 heterocycles. The van der Waals surface area contributed by atoms with Gasteiger partial charge in [-0.25, -0.2) is 4.98 Å². The molecule has 2 aromatic rings. The third-order valence-corrected chi connectivity index (χ3v) is 7.41. The predicted molar refractivity (Wildman–Crippen MR) is 131 cm³/mol. The van der Waals surface area contributed by atoms with Gasteiger partial charge in [-0.3, -0.25) is 9.97 Å². The first-order valence-electron chi connectivity index (χ1n) is 12.3. The second-order valence-electron chi connectivity index (χ2n) is 9.71. The normalized spacial score (nSPS) is 21.6. The summed E-state index contributed by atoms with van der Waals surface area (Å²) in [5.74, 6) is 3.03. The van der Waals surface area contributed by atoms with E-state index in [0.29, 0.717) is 28.6 Å². The second-order valence-corrected chi connectivity index (χ2v) is 10.1. The van der Waals surface area contributed by atoms with E-state index in [-0.39, 0.29) is 0 Å². The molecule has 0 aromatic carbocycles. The predicted octanol–water partition coefficient (Wildman–Crippen LogP) is 5.75. The molecule has 0 bridgehead atoms. The minimum absolute atomic E-state index is 0.306. The van der Waals surface area contributed by atoms with Gasteiger partial charge in [0.2, 0.25) is 0 Å². The average Bonchev–Trinajstić information content (AvgIpc) is 2.84. The van der Waals surface area contributed by atoms with Gasteiger partial charge in [0.25, 0.3) is 0 Å². The number of Topliss-reactive ketones (excluding diaryl/α,β-unsaturated/α-hetero) is 1. The lowest BCUT2D eigenvalue weighted by molar-refractivity contribution is -0.117. The Kier molecular flexibility index (Phi) is 8.68. The maximum Gasteiger partial charge on any atom is 0.145 e. The molecule has 1 saturated heterocycles. The van der Waals surface area contributed by atoms with Gasteiger partial charge in [-0.1, -0.05) is 24.4 Å². The molecule has 1 saturated carbocycles. The maximum atomic E-state index is 11.3. The molecule has 33 heavy (non-hydrogen) atoms. The zero-order chi connectivity index (χ0) is 23.0. The lowest BCUT2D eigenvalue weighted by atomic mass is 9.78. The van der Waals surface area contributed by atoms with Gasteiger partial charge in [0, 0.05) is 43.6 Å². The van der Waals surface area contributed by atoms with E-state index in [1.165, 1.54) is 25.7 Å². The number of ether oxygens (including phenoxy) is 1. The first-order chi connectivity index (χ1) is 16.1. The van der Waals surface area contributed by atoms with Crippen molar-refractivity contribution in [1.29, 1.82) is 0 Å². The van der Waals surface area contributed by atoms with Crippen molar-refractivity contribution in [3.8, 4) is 11.3 Å². The van der Waals surface area contributed by atoms with Crippen LogP contribution in [0.3, 0.4) is 0 Å². The Bertz CT molecular complexity index is 924. The number of halogens is 1. The summed E-state index contributed by atoms with van der Waals surface area (Å²) >= 11 is 6.51. The Hall–Kier alpha value is -2.05. The molecule has 0 unspecified atom stereocenters. The van der Waals surface area contributed by atoms with Gasteiger partial charge in [0.05, 0.1) is 23.1 Å². The highest BCUT2D eigenvalue weighted by molar-refractivity contribution is 6.33. The Morgan fingerprint density at radius 2 is 1.82 bits per heavy atom. The summed E-state index contributed by atoms with van der Waals surface area (Å²) in [6, 6.07) is 2.08. The molecule has 178 valence electrons. The first-order valence-corrected chi connectivity index (χ1v) is 12.7. The fourth-order valence-corrected chi connectivity index (χ4v) is 5.20. The molecule has 2 aromatic heterocycles. The molecular weight excluding hydrogens is 436 g/mol. The molecular formula is C26H35ClN4O2. The van der Waals surface area contributed by atoms with Gasteiger partial charge in [0.15, 0.2) is 0 Å². The first kappa shape index (κ1) is 24.1. The third kappa shape index (κ3) is 7.21. The van der Waals surface area contributed by atoms with E-state index in [1.54, 1.807) is 25.5 Å². The molecule has 4 rings (SSSR count). The van der Waals surface area contributed by atoms with E-state index in [9.17, 15) is 4.79 Å². The van der Waals surface area contributed by atoms with Crippen LogP contribution in [0.2, 0.25) is 5.02 Å². The SMILES string of the molecule is CC(=O)CCC1CCC(Cc2cc(-c3cncc(NCC4CCOCC4)n3)c(Cl)cn2)CC1. The topological polar surface area (TPSA) is 77.0 Å². The summed E-state index contributed by atoms with van der Waals surface area (Å²) in [4.78, 5) is 25.0. The number of hydrogen-bond donors (Lipinski definition) is 1. The molecule has 1 aliphatic heterocycles. The standard InChI is InChI=1S/C26H35ClN4O2/c1-18(32)2-3-19-4-6-20(7-5-19)12-22-13-23(24(27)15-29-22)25-16-28-17-26(31-25)30-14-21-8-10-33-11-9-21/h13,15-17,19-21H,2-12,14H2,1H3,(H,30,31). The number of pyridine rings is 1. The number of nitrogens with one attached hydrogen (secondary N) is 1. The third-order valence-electron chi connectivity index (χ3n) is 7.10. The van der Waals surface area contributed by atoms with Crippen LogP contribution in [0.4, 0.5) is 5.82 Å². The van der Waals surface area contributed by atoms with Gasteiger partial charge >= 0.3 is 0 Å². The summed E-state index contributed by atoms with van der Waals surface area (Å²) in [6.07, 6.45) is 15.0. The Morgan fingerprint density at radius 3 is 2.58 bits per heavy atom. The van der Waals surface area contributed by atoms with Gasteiger partial charge in [-0.15, -0.1) is 0 Å². The summed E-state index contributed by atoms with van der Waals surface area (Å²) in [7, 11) is 0. The average molecular weight is 471 g/mol. The van der Waals surface area contributed by atoms with Gasteiger partial charge in [0.1, 0.15) is 11.6 Å². The van der Waals surface area contributed by atoms with Crippen molar-refractivity contribution in [2.24, 2.45) is 17.8 Å². The van der Waals surface area contributed by atoms with Crippen LogP contribution in [0.25, 0.3) is 11.3 Å². The lowest BCUT2D eigenvalue weighted by Gasteiger charge is -2.28. The van der Waals surface area contributed by atoms with Crippen LogP contribution in [0.15, 0.2) is 24.7 Å². The van der Waals surface area contributed by atoms with Gasteiger partial charge in [-0.2, -0.15) is 0 Å². The number of aromatic nitrogens is 3. The number of ketones is 1. The van der Waals surface area contributed by atoms with Crippen LogP contribution in [-0.4, -0.2) is 40.5 Å². The summed E-state index contributed by atoms with van der Waals surface area (Å²) in [5.41, 5.74) is 2.72. The quantitative estimate of drug-likeness (QED) is 0.502. The maximum absolute atomic E-state index is 11.3. The smallest absolute Gasteiger partial charge is 0.145 e. The minimum Gasteiger partial charge on any atom is -0.381 e. The van der Waals surface area contributed by atoms with E-state index < -0.39 is 0 Å². The molecule has 1 aliphatic carbocycles. The van der Waals surface area contributed by atoms with E-state index in [4.69, 9.17) is 21.3 Å². The largest absolute Gasteiger partial charge is 0.381 e. The fraction of sp³-hybridized carbons (Fsp3) is 0.615. The van der Waals surface area contributed by atoms with Crippen LogP contribution in [0.1, 0.15) is 64.0 Å².